The number of hydrogen-bond acceptors (Lipinski definition) is 4. The van der Waals surface area contributed by atoms with Gasteiger partial charge < -0.3 is 14.5 Å². The quantitative estimate of drug-likeness (QED) is 0.469. The van der Waals surface area contributed by atoms with Gasteiger partial charge >= 0.3 is 0 Å². The molecule has 6 rings (SSSR count). The topological polar surface area (TPSA) is 40.7 Å². The molecule has 1 N–H and O–H groups in total. The maximum Gasteiger partial charge on any atom is 0.135 e. The Morgan fingerprint density at radius 2 is 1.83 bits per heavy atom. The summed E-state index contributed by atoms with van der Waals surface area (Å²) < 4.78 is 42.7. The van der Waals surface area contributed by atoms with Gasteiger partial charge in [-0.3, -0.25) is 9.80 Å². The Bertz CT molecular complexity index is 1210. The molecular weight excluding hydrogens is 460 g/mol. The van der Waals surface area contributed by atoms with Crippen LogP contribution in [0, 0.1) is 23.5 Å². The average molecular weight is 496 g/mol. The Morgan fingerprint density at radius 1 is 1.08 bits per heavy atom. The molecule has 2 aromatic carbocycles. The predicted molar refractivity (Wildman–Crippen MR) is 136 cm³/mol. The molecule has 2 atom stereocenters. The molecule has 0 bridgehead atoms. The normalized spacial score (nSPS) is 23.4. The van der Waals surface area contributed by atoms with Crippen LogP contribution < -0.4 is 4.74 Å². The van der Waals surface area contributed by atoms with E-state index < -0.39 is 17.7 Å². The number of ether oxygens (including phenoxy) is 2. The first-order valence-electron chi connectivity index (χ1n) is 13.3. The van der Waals surface area contributed by atoms with Gasteiger partial charge in [0.15, 0.2) is 0 Å². The molecule has 0 saturated carbocycles. The highest BCUT2D eigenvalue weighted by molar-refractivity contribution is 5.85. The van der Waals surface area contributed by atoms with Crippen molar-refractivity contribution in [2.75, 3.05) is 46.0 Å². The zero-order chi connectivity index (χ0) is 24.8. The van der Waals surface area contributed by atoms with Crippen molar-refractivity contribution in [2.45, 2.75) is 38.8 Å². The summed E-state index contributed by atoms with van der Waals surface area (Å²) in [5, 5.41) is 1.13. The van der Waals surface area contributed by atoms with E-state index in [9.17, 15) is 0 Å². The third-order valence-electron chi connectivity index (χ3n) is 8.31. The maximum absolute atomic E-state index is 15.7. The molecule has 0 spiro atoms. The van der Waals surface area contributed by atoms with Crippen molar-refractivity contribution in [1.82, 2.24) is 14.8 Å². The van der Waals surface area contributed by atoms with Crippen molar-refractivity contribution in [2.24, 2.45) is 11.8 Å². The van der Waals surface area contributed by atoms with Crippen molar-refractivity contribution in [3.8, 4) is 5.75 Å². The van der Waals surface area contributed by atoms with Crippen LogP contribution in [0.2, 0.25) is 0 Å². The zero-order valence-electron chi connectivity index (χ0n) is 21.1. The summed E-state index contributed by atoms with van der Waals surface area (Å²) in [6.45, 7) is 9.86. The van der Waals surface area contributed by atoms with Gasteiger partial charge in [-0.2, -0.15) is 0 Å². The van der Waals surface area contributed by atoms with Crippen LogP contribution >= 0.6 is 0 Å². The third-order valence-corrected chi connectivity index (χ3v) is 8.31. The number of halogens is 2. The van der Waals surface area contributed by atoms with E-state index in [2.05, 4.69) is 34.7 Å². The molecule has 36 heavy (non-hydrogen) atoms. The van der Waals surface area contributed by atoms with Gasteiger partial charge in [0.05, 0.1) is 19.3 Å². The molecule has 192 valence electrons. The number of benzene rings is 2. The lowest BCUT2D eigenvalue weighted by Crippen LogP contribution is -2.48. The lowest BCUT2D eigenvalue weighted by Gasteiger charge is -2.44. The molecule has 4 heterocycles. The molecule has 3 aromatic rings. The molecular formula is C29H35F2N3O2. The summed E-state index contributed by atoms with van der Waals surface area (Å²) in [4.78, 5) is 8.09. The molecule has 5 nitrogen and oxygen atoms in total. The predicted octanol–water partition coefficient (Wildman–Crippen LogP) is 5.15. The second-order valence-electron chi connectivity index (χ2n) is 10.8. The Hall–Kier alpha value is -2.48. The molecule has 1 aromatic heterocycles. The Kier molecular flexibility index (Phi) is 6.48. The first-order valence-corrected chi connectivity index (χ1v) is 13.3. The van der Waals surface area contributed by atoms with Crippen molar-refractivity contribution in [3.63, 3.8) is 0 Å². The number of rotatable bonds is 8. The smallest absolute Gasteiger partial charge is 0.135 e. The summed E-state index contributed by atoms with van der Waals surface area (Å²) >= 11 is 0. The number of likely N-dealkylation sites (tertiary alicyclic amines) is 1. The number of aromatic nitrogens is 1. The first-order chi connectivity index (χ1) is 17.5. The Balaban J connectivity index is 1.30. The number of aromatic amines is 1. The number of fused-ring (bicyclic) bond motifs is 3. The van der Waals surface area contributed by atoms with E-state index in [-0.39, 0.29) is 17.4 Å². The maximum atomic E-state index is 15.7. The van der Waals surface area contributed by atoms with E-state index in [1.807, 2.05) is 18.2 Å². The highest BCUT2D eigenvalue weighted by Crippen LogP contribution is 2.43. The Labute approximate surface area is 211 Å². The summed E-state index contributed by atoms with van der Waals surface area (Å²) in [5.74, 6) is 0.280. The fourth-order valence-corrected chi connectivity index (χ4v) is 6.11. The molecule has 0 aliphatic carbocycles. The third kappa shape index (κ3) is 4.31. The van der Waals surface area contributed by atoms with Crippen LogP contribution in [-0.2, 0) is 11.2 Å². The Morgan fingerprint density at radius 3 is 2.53 bits per heavy atom. The number of hydrogen-bond donors (Lipinski definition) is 1. The molecule has 2 saturated heterocycles. The van der Waals surface area contributed by atoms with E-state index in [0.717, 1.165) is 60.7 Å². The van der Waals surface area contributed by atoms with Crippen molar-refractivity contribution in [3.05, 3.63) is 64.9 Å². The van der Waals surface area contributed by atoms with Gasteiger partial charge in [-0.05, 0) is 30.9 Å². The monoisotopic (exact) mass is 495 g/mol. The minimum atomic E-state index is -0.557. The lowest BCUT2D eigenvalue weighted by atomic mass is 9.87. The molecule has 3 aliphatic heterocycles. The van der Waals surface area contributed by atoms with Crippen LogP contribution in [0.15, 0.2) is 36.4 Å². The number of H-pyrrole nitrogens is 1. The van der Waals surface area contributed by atoms with Crippen LogP contribution in [0.4, 0.5) is 8.78 Å². The van der Waals surface area contributed by atoms with E-state index in [1.165, 1.54) is 18.6 Å². The van der Waals surface area contributed by atoms with Crippen molar-refractivity contribution in [1.29, 1.82) is 0 Å². The molecule has 2 fully saturated rings. The van der Waals surface area contributed by atoms with Gasteiger partial charge in [-0.25, -0.2) is 8.78 Å². The van der Waals surface area contributed by atoms with Crippen LogP contribution in [0.25, 0.3) is 10.9 Å². The fourth-order valence-electron chi connectivity index (χ4n) is 6.11. The summed E-state index contributed by atoms with van der Waals surface area (Å²) in [7, 11) is 0. The average Bonchev–Trinajstić information content (AvgIpc) is 3.16. The van der Waals surface area contributed by atoms with E-state index in [0.29, 0.717) is 25.7 Å². The fraction of sp³-hybridized carbons (Fsp3) is 0.517. The standard InChI is InChI=1S/C29H35F2N3O2/c1-3-19-13-33(14-19)8-9-36-21-11-24(30)27(25(31)12-21)29-28-23(22-6-4-5-7-26(22)32-28)10-18(2)34(29)15-20-16-35-17-20/h4-7,11-12,18-20,29,32H,3,8-10,13-17H2,1-2H3/t18-,29-/m1/s1. The van der Waals surface area contributed by atoms with Crippen molar-refractivity contribution >= 4 is 10.9 Å². The van der Waals surface area contributed by atoms with Crippen LogP contribution in [0.3, 0.4) is 0 Å². The zero-order valence-corrected chi connectivity index (χ0v) is 21.1. The molecule has 7 heteroatoms. The van der Waals surface area contributed by atoms with Gasteiger partial charge in [0, 0.05) is 72.4 Å². The van der Waals surface area contributed by atoms with Gasteiger partial charge in [0.2, 0.25) is 0 Å². The number of nitrogens with one attached hydrogen (secondary N) is 1. The van der Waals surface area contributed by atoms with Gasteiger partial charge in [0.1, 0.15) is 24.0 Å². The number of para-hydroxylation sites is 1. The summed E-state index contributed by atoms with van der Waals surface area (Å²) in [5.41, 5.74) is 3.15. The van der Waals surface area contributed by atoms with Crippen LogP contribution in [0.1, 0.15) is 43.1 Å². The lowest BCUT2D eigenvalue weighted by molar-refractivity contribution is -0.0570. The van der Waals surface area contributed by atoms with Gasteiger partial charge in [0.25, 0.3) is 0 Å². The second-order valence-corrected chi connectivity index (χ2v) is 10.8. The molecule has 0 amide bonds. The van der Waals surface area contributed by atoms with E-state index >= 15 is 8.78 Å². The SMILES string of the molecule is CCC1CN(CCOc2cc(F)c([C@@H]3c4[nH]c5ccccc5c4C[C@@H](C)N3CC3COC3)c(F)c2)C1. The van der Waals surface area contributed by atoms with Crippen molar-refractivity contribution < 1.29 is 18.3 Å². The minimum Gasteiger partial charge on any atom is -0.492 e. The van der Waals surface area contributed by atoms with Crippen LogP contribution in [0.5, 0.6) is 5.75 Å². The first kappa shape index (κ1) is 23.9. The van der Waals surface area contributed by atoms with E-state index in [4.69, 9.17) is 9.47 Å². The number of nitrogens with zero attached hydrogens (tertiary/aromatic N) is 2. The van der Waals surface area contributed by atoms with Crippen LogP contribution in [-0.4, -0.2) is 66.8 Å². The largest absolute Gasteiger partial charge is 0.492 e. The highest BCUT2D eigenvalue weighted by Gasteiger charge is 2.40. The molecule has 3 aliphatic rings. The second kappa shape index (κ2) is 9.77. The van der Waals surface area contributed by atoms with Gasteiger partial charge in [-0.15, -0.1) is 0 Å². The summed E-state index contributed by atoms with van der Waals surface area (Å²) in [6, 6.07) is 10.5. The highest BCUT2D eigenvalue weighted by atomic mass is 19.1. The van der Waals surface area contributed by atoms with E-state index in [1.54, 1.807) is 0 Å². The molecule has 0 radical (unpaired) electrons. The molecule has 0 unspecified atom stereocenters. The van der Waals surface area contributed by atoms with Gasteiger partial charge in [-0.1, -0.05) is 31.5 Å². The summed E-state index contributed by atoms with van der Waals surface area (Å²) in [6.07, 6.45) is 2.03. The minimum absolute atomic E-state index is 0.0930.